The maximum absolute atomic E-state index is 11.5. The Morgan fingerprint density at radius 1 is 1.15 bits per heavy atom. The highest BCUT2D eigenvalue weighted by molar-refractivity contribution is 6.43. The van der Waals surface area contributed by atoms with Crippen LogP contribution in [0.1, 0.15) is 18.9 Å². The molecule has 5 heteroatoms. The average molecular weight is 276 g/mol. The number of ketones is 2. The van der Waals surface area contributed by atoms with Gasteiger partial charge in [-0.05, 0) is 17.7 Å². The largest absolute Gasteiger partial charge is 0.497 e. The number of hydrogen-bond donors (Lipinski definition) is 0. The van der Waals surface area contributed by atoms with Gasteiger partial charge in [0.25, 0.3) is 0 Å². The lowest BCUT2D eigenvalue weighted by molar-refractivity contribution is -0.144. The van der Waals surface area contributed by atoms with E-state index in [-0.39, 0.29) is 18.6 Å². The fraction of sp³-hybridized carbons (Fsp3) is 0.267. The zero-order chi connectivity index (χ0) is 15.1. The summed E-state index contributed by atoms with van der Waals surface area (Å²) in [7, 11) is 1.56. The summed E-state index contributed by atoms with van der Waals surface area (Å²) >= 11 is 0. The van der Waals surface area contributed by atoms with Crippen molar-refractivity contribution < 1.29 is 23.9 Å². The van der Waals surface area contributed by atoms with Gasteiger partial charge in [-0.1, -0.05) is 18.7 Å². The molecule has 1 aromatic rings. The summed E-state index contributed by atoms with van der Waals surface area (Å²) in [6.45, 7) is 4.63. The van der Waals surface area contributed by atoms with Crippen molar-refractivity contribution in [1.82, 2.24) is 0 Å². The highest BCUT2D eigenvalue weighted by atomic mass is 16.5. The molecule has 0 radical (unpaired) electrons. The molecule has 0 aliphatic rings. The van der Waals surface area contributed by atoms with E-state index in [1.807, 2.05) is 0 Å². The van der Waals surface area contributed by atoms with Gasteiger partial charge in [-0.15, -0.1) is 0 Å². The first-order valence-corrected chi connectivity index (χ1v) is 5.95. The van der Waals surface area contributed by atoms with Crippen LogP contribution in [0.3, 0.4) is 0 Å². The number of carbonyl (C=O) groups is 3. The van der Waals surface area contributed by atoms with Gasteiger partial charge in [-0.3, -0.25) is 14.4 Å². The summed E-state index contributed by atoms with van der Waals surface area (Å²) in [4.78, 5) is 33.6. The first-order valence-electron chi connectivity index (χ1n) is 5.95. The van der Waals surface area contributed by atoms with Crippen LogP contribution in [0, 0.1) is 0 Å². The third-order valence-corrected chi connectivity index (χ3v) is 2.56. The number of Topliss-reactive ketones (excluding diaryl/α,β-unsaturated/α-hetero) is 2. The molecule has 0 N–H and O–H groups in total. The smallest absolute Gasteiger partial charge is 0.310 e. The van der Waals surface area contributed by atoms with E-state index in [0.29, 0.717) is 5.75 Å². The van der Waals surface area contributed by atoms with E-state index >= 15 is 0 Å². The molecule has 20 heavy (non-hydrogen) atoms. The molecule has 0 bridgehead atoms. The SMILES string of the molecule is C=C(CC(=O)OCc1ccc(OC)cc1)C(=O)C(C)=O. The van der Waals surface area contributed by atoms with Gasteiger partial charge in [-0.25, -0.2) is 0 Å². The molecule has 0 aromatic heterocycles. The molecule has 106 valence electrons. The Labute approximate surface area is 117 Å². The Morgan fingerprint density at radius 2 is 1.75 bits per heavy atom. The summed E-state index contributed by atoms with van der Waals surface area (Å²) in [6.07, 6.45) is -0.283. The molecule has 0 unspecified atom stereocenters. The number of benzene rings is 1. The zero-order valence-corrected chi connectivity index (χ0v) is 11.5. The minimum absolute atomic E-state index is 0.0581. The summed E-state index contributed by atoms with van der Waals surface area (Å²) in [6, 6.07) is 7.03. The highest BCUT2D eigenvalue weighted by Crippen LogP contribution is 2.12. The van der Waals surface area contributed by atoms with Crippen molar-refractivity contribution in [3.63, 3.8) is 0 Å². The Balaban J connectivity index is 2.45. The van der Waals surface area contributed by atoms with Gasteiger partial charge in [0.2, 0.25) is 5.78 Å². The monoisotopic (exact) mass is 276 g/mol. The molecule has 1 aromatic carbocycles. The molecule has 0 heterocycles. The highest BCUT2D eigenvalue weighted by Gasteiger charge is 2.16. The van der Waals surface area contributed by atoms with Gasteiger partial charge in [0.15, 0.2) is 5.78 Å². The Hall–Kier alpha value is -2.43. The number of methoxy groups -OCH3 is 1. The second kappa shape index (κ2) is 7.23. The van der Waals surface area contributed by atoms with E-state index in [9.17, 15) is 14.4 Å². The van der Waals surface area contributed by atoms with Crippen molar-refractivity contribution in [1.29, 1.82) is 0 Å². The predicted octanol–water partition coefficient (Wildman–Crippen LogP) is 1.84. The Bertz CT molecular complexity index is 528. The lowest BCUT2D eigenvalue weighted by atomic mass is 10.1. The molecule has 0 fully saturated rings. The lowest BCUT2D eigenvalue weighted by Crippen LogP contribution is -2.15. The minimum Gasteiger partial charge on any atom is -0.497 e. The number of rotatable bonds is 7. The normalized spacial score (nSPS) is 9.70. The molecule has 0 saturated heterocycles. The van der Waals surface area contributed by atoms with Crippen LogP contribution in [-0.2, 0) is 25.7 Å². The predicted molar refractivity (Wildman–Crippen MR) is 72.2 cm³/mol. The Morgan fingerprint density at radius 3 is 2.25 bits per heavy atom. The van der Waals surface area contributed by atoms with Crippen LogP contribution in [0.15, 0.2) is 36.4 Å². The zero-order valence-electron chi connectivity index (χ0n) is 11.5. The molecule has 0 atom stereocenters. The second-order valence-corrected chi connectivity index (χ2v) is 4.17. The van der Waals surface area contributed by atoms with E-state index in [2.05, 4.69) is 6.58 Å². The van der Waals surface area contributed by atoms with E-state index in [0.717, 1.165) is 12.5 Å². The van der Waals surface area contributed by atoms with Gasteiger partial charge in [0.05, 0.1) is 13.5 Å². The fourth-order valence-electron chi connectivity index (χ4n) is 1.44. The topological polar surface area (TPSA) is 69.7 Å². The number of esters is 1. The molecule has 0 saturated carbocycles. The van der Waals surface area contributed by atoms with Gasteiger partial charge in [0.1, 0.15) is 12.4 Å². The van der Waals surface area contributed by atoms with Crippen LogP contribution in [0.25, 0.3) is 0 Å². The average Bonchev–Trinajstić information content (AvgIpc) is 2.44. The van der Waals surface area contributed by atoms with Crippen LogP contribution >= 0.6 is 0 Å². The van der Waals surface area contributed by atoms with Crippen molar-refractivity contribution in [2.24, 2.45) is 0 Å². The van der Waals surface area contributed by atoms with E-state index in [4.69, 9.17) is 9.47 Å². The summed E-state index contributed by atoms with van der Waals surface area (Å²) in [5.41, 5.74) is 0.736. The fourth-order valence-corrected chi connectivity index (χ4v) is 1.44. The molecule has 0 spiro atoms. The molecule has 0 aliphatic carbocycles. The minimum atomic E-state index is -0.744. The standard InChI is InChI=1S/C15H16O5/c1-10(15(18)11(2)16)8-14(17)20-9-12-4-6-13(19-3)7-5-12/h4-7H,1,8-9H2,2-3H3. The molecule has 0 amide bonds. The van der Waals surface area contributed by atoms with Crippen LogP contribution in [0.5, 0.6) is 5.75 Å². The van der Waals surface area contributed by atoms with Crippen LogP contribution in [0.2, 0.25) is 0 Å². The Kier molecular flexibility index (Phi) is 5.65. The molecule has 1 rings (SSSR count). The molecular weight excluding hydrogens is 260 g/mol. The van der Waals surface area contributed by atoms with Crippen molar-refractivity contribution in [3.8, 4) is 5.75 Å². The van der Waals surface area contributed by atoms with Gasteiger partial charge in [-0.2, -0.15) is 0 Å². The van der Waals surface area contributed by atoms with Crippen LogP contribution in [0.4, 0.5) is 0 Å². The van der Waals surface area contributed by atoms with Crippen molar-refractivity contribution in [2.45, 2.75) is 20.0 Å². The van der Waals surface area contributed by atoms with Crippen LogP contribution < -0.4 is 4.74 Å². The molecule has 0 aliphatic heterocycles. The van der Waals surface area contributed by atoms with Crippen molar-refractivity contribution >= 4 is 17.5 Å². The van der Waals surface area contributed by atoms with Crippen LogP contribution in [-0.4, -0.2) is 24.6 Å². The van der Waals surface area contributed by atoms with E-state index < -0.39 is 17.5 Å². The van der Waals surface area contributed by atoms with E-state index in [1.54, 1.807) is 31.4 Å². The van der Waals surface area contributed by atoms with E-state index in [1.165, 1.54) is 0 Å². The first kappa shape index (κ1) is 15.6. The van der Waals surface area contributed by atoms with Crippen molar-refractivity contribution in [2.75, 3.05) is 7.11 Å². The second-order valence-electron chi connectivity index (χ2n) is 4.17. The number of carbonyl (C=O) groups excluding carboxylic acids is 3. The maximum Gasteiger partial charge on any atom is 0.310 e. The maximum atomic E-state index is 11.5. The molecular formula is C15H16O5. The number of ether oxygens (including phenoxy) is 2. The van der Waals surface area contributed by atoms with Gasteiger partial charge < -0.3 is 9.47 Å². The summed E-state index contributed by atoms with van der Waals surface area (Å²) < 4.78 is 10.0. The quantitative estimate of drug-likeness (QED) is 0.432. The number of hydrogen-bond acceptors (Lipinski definition) is 5. The third kappa shape index (κ3) is 4.68. The van der Waals surface area contributed by atoms with Gasteiger partial charge >= 0.3 is 5.97 Å². The summed E-state index contributed by atoms with van der Waals surface area (Å²) in [5.74, 6) is -1.27. The molecule has 5 nitrogen and oxygen atoms in total. The summed E-state index contributed by atoms with van der Waals surface area (Å²) in [5, 5.41) is 0. The van der Waals surface area contributed by atoms with Crippen molar-refractivity contribution in [3.05, 3.63) is 42.0 Å². The third-order valence-electron chi connectivity index (χ3n) is 2.56. The lowest BCUT2D eigenvalue weighted by Gasteiger charge is -2.06. The van der Waals surface area contributed by atoms with Gasteiger partial charge in [0, 0.05) is 12.5 Å². The first-order chi connectivity index (χ1) is 9.43.